The number of benzene rings is 1. The fraction of sp³-hybridized carbons (Fsp3) is 0.526. The monoisotopic (exact) mass is 411 g/mol. The van der Waals surface area contributed by atoms with Crippen molar-refractivity contribution >= 4 is 46.6 Å². The van der Waals surface area contributed by atoms with Gasteiger partial charge >= 0.3 is 0 Å². The second kappa shape index (κ2) is 8.48. The molecule has 3 amide bonds. The highest BCUT2D eigenvalue weighted by Crippen LogP contribution is 2.33. The van der Waals surface area contributed by atoms with Gasteiger partial charge in [-0.05, 0) is 37.8 Å². The molecule has 27 heavy (non-hydrogen) atoms. The van der Waals surface area contributed by atoms with Gasteiger partial charge in [0.05, 0.1) is 22.3 Å². The molecule has 0 unspecified atom stereocenters. The molecule has 146 valence electrons. The normalized spacial score (nSPS) is 17.5. The molecular formula is C19H23Cl2N3O3. The van der Waals surface area contributed by atoms with Crippen molar-refractivity contribution in [2.45, 2.75) is 25.7 Å². The molecule has 3 rings (SSSR count). The van der Waals surface area contributed by atoms with Crippen LogP contribution in [0.4, 0.5) is 5.69 Å². The summed E-state index contributed by atoms with van der Waals surface area (Å²) in [6, 6.07) is 4.96. The van der Waals surface area contributed by atoms with Gasteiger partial charge in [0, 0.05) is 32.0 Å². The number of carbonyl (C=O) groups excluding carboxylic acids is 3. The average molecular weight is 412 g/mol. The second-order valence-electron chi connectivity index (χ2n) is 7.21. The first-order chi connectivity index (χ1) is 12.9. The van der Waals surface area contributed by atoms with Crippen LogP contribution in [0.25, 0.3) is 0 Å². The summed E-state index contributed by atoms with van der Waals surface area (Å²) in [6.07, 6.45) is 3.26. The zero-order valence-corrected chi connectivity index (χ0v) is 16.7. The molecule has 2 fully saturated rings. The third-order valence-electron chi connectivity index (χ3n) is 5.07. The molecular weight excluding hydrogens is 389 g/mol. The van der Waals surface area contributed by atoms with Gasteiger partial charge in [-0.15, -0.1) is 0 Å². The molecule has 1 N–H and O–H groups in total. The molecule has 0 spiro atoms. The van der Waals surface area contributed by atoms with E-state index in [-0.39, 0.29) is 36.1 Å². The Morgan fingerprint density at radius 3 is 2.22 bits per heavy atom. The van der Waals surface area contributed by atoms with E-state index in [1.165, 1.54) is 4.90 Å². The highest BCUT2D eigenvalue weighted by Gasteiger charge is 2.36. The number of carbonyl (C=O) groups is 3. The molecule has 0 radical (unpaired) electrons. The van der Waals surface area contributed by atoms with Crippen molar-refractivity contribution in [2.24, 2.45) is 11.8 Å². The van der Waals surface area contributed by atoms with E-state index in [0.29, 0.717) is 41.7 Å². The number of nitrogens with one attached hydrogen (secondary N) is 1. The van der Waals surface area contributed by atoms with Gasteiger partial charge in [0.2, 0.25) is 17.7 Å². The summed E-state index contributed by atoms with van der Waals surface area (Å²) in [6.45, 7) is 1.14. The summed E-state index contributed by atoms with van der Waals surface area (Å²) in [5.41, 5.74) is 0.346. The Kier molecular flexibility index (Phi) is 6.27. The second-order valence-corrected chi connectivity index (χ2v) is 8.03. The molecule has 1 aromatic rings. The van der Waals surface area contributed by atoms with E-state index in [4.69, 9.17) is 23.2 Å². The Labute approximate surface area is 168 Å². The number of para-hydroxylation sites is 1. The Bertz CT molecular complexity index is 723. The summed E-state index contributed by atoms with van der Waals surface area (Å²) in [5.74, 6) is -0.156. The van der Waals surface area contributed by atoms with Crippen LogP contribution in [0.5, 0.6) is 0 Å². The number of nitrogens with zero attached hydrogens (tertiary/aromatic N) is 2. The van der Waals surface area contributed by atoms with Crippen LogP contribution in [0.3, 0.4) is 0 Å². The number of likely N-dealkylation sites (N-methyl/N-ethyl adjacent to an activating group) is 1. The van der Waals surface area contributed by atoms with Crippen LogP contribution in [-0.2, 0) is 14.4 Å². The maximum absolute atomic E-state index is 12.6. The fourth-order valence-corrected chi connectivity index (χ4v) is 3.83. The maximum atomic E-state index is 12.6. The number of rotatable bonds is 5. The summed E-state index contributed by atoms with van der Waals surface area (Å²) in [5, 5.41) is 3.35. The summed E-state index contributed by atoms with van der Waals surface area (Å²) in [7, 11) is 1.61. The minimum absolute atomic E-state index is 0.0751. The number of hydrogen-bond donors (Lipinski definition) is 1. The standard InChI is InChI=1S/C19H23Cl2N3O3/c1-23(11-16(25)22-17-14(20)3-2-4-15(17)21)18(26)13-7-9-24(10-8-13)19(27)12-5-6-12/h2-4,12-13H,5-11H2,1H3,(H,22,25). The number of hydrogen-bond acceptors (Lipinski definition) is 3. The van der Waals surface area contributed by atoms with Gasteiger partial charge in [0.25, 0.3) is 0 Å². The maximum Gasteiger partial charge on any atom is 0.244 e. The smallest absolute Gasteiger partial charge is 0.244 e. The molecule has 1 heterocycles. The molecule has 1 aliphatic heterocycles. The number of halogens is 2. The molecule has 8 heteroatoms. The fourth-order valence-electron chi connectivity index (χ4n) is 3.34. The lowest BCUT2D eigenvalue weighted by atomic mass is 9.95. The van der Waals surface area contributed by atoms with Gasteiger partial charge in [0.15, 0.2) is 0 Å². The first-order valence-corrected chi connectivity index (χ1v) is 9.90. The summed E-state index contributed by atoms with van der Waals surface area (Å²) < 4.78 is 0. The molecule has 0 bridgehead atoms. The molecule has 6 nitrogen and oxygen atoms in total. The highest BCUT2D eigenvalue weighted by atomic mass is 35.5. The lowest BCUT2D eigenvalue weighted by Crippen LogP contribution is -2.45. The number of anilines is 1. The third-order valence-corrected chi connectivity index (χ3v) is 5.70. The van der Waals surface area contributed by atoms with E-state index in [9.17, 15) is 14.4 Å². The molecule has 2 aliphatic rings. The van der Waals surface area contributed by atoms with Crippen molar-refractivity contribution in [1.82, 2.24) is 9.80 Å². The topological polar surface area (TPSA) is 69.7 Å². The van der Waals surface area contributed by atoms with E-state index in [1.807, 2.05) is 4.90 Å². The summed E-state index contributed by atoms with van der Waals surface area (Å²) >= 11 is 12.1. The Hall–Kier alpha value is -1.79. The average Bonchev–Trinajstić information content (AvgIpc) is 3.49. The van der Waals surface area contributed by atoms with E-state index in [1.54, 1.807) is 25.2 Å². The highest BCUT2D eigenvalue weighted by molar-refractivity contribution is 6.39. The Balaban J connectivity index is 1.49. The van der Waals surface area contributed by atoms with Crippen LogP contribution in [0.1, 0.15) is 25.7 Å². The number of likely N-dealkylation sites (tertiary alicyclic amines) is 1. The van der Waals surface area contributed by atoms with Crippen molar-refractivity contribution in [3.8, 4) is 0 Å². The van der Waals surface area contributed by atoms with Crippen LogP contribution in [0.2, 0.25) is 10.0 Å². The lowest BCUT2D eigenvalue weighted by Gasteiger charge is -2.33. The Morgan fingerprint density at radius 1 is 1.07 bits per heavy atom. The minimum atomic E-state index is -0.359. The van der Waals surface area contributed by atoms with Crippen molar-refractivity contribution in [3.63, 3.8) is 0 Å². The van der Waals surface area contributed by atoms with Gasteiger partial charge in [-0.25, -0.2) is 0 Å². The van der Waals surface area contributed by atoms with Gasteiger partial charge in [-0.1, -0.05) is 29.3 Å². The van der Waals surface area contributed by atoms with Crippen molar-refractivity contribution in [3.05, 3.63) is 28.2 Å². The van der Waals surface area contributed by atoms with Crippen LogP contribution in [0, 0.1) is 11.8 Å². The molecule has 1 aliphatic carbocycles. The van der Waals surface area contributed by atoms with E-state index in [0.717, 1.165) is 12.8 Å². The van der Waals surface area contributed by atoms with Crippen LogP contribution < -0.4 is 5.32 Å². The lowest BCUT2D eigenvalue weighted by molar-refractivity contribution is -0.141. The SMILES string of the molecule is CN(CC(=O)Nc1c(Cl)cccc1Cl)C(=O)C1CCN(C(=O)C2CC2)CC1. The first kappa shape index (κ1) is 20.0. The molecule has 1 saturated heterocycles. The van der Waals surface area contributed by atoms with Crippen LogP contribution >= 0.6 is 23.2 Å². The molecule has 1 aromatic carbocycles. The zero-order chi connectivity index (χ0) is 19.6. The summed E-state index contributed by atoms with van der Waals surface area (Å²) in [4.78, 5) is 40.3. The minimum Gasteiger partial charge on any atom is -0.342 e. The van der Waals surface area contributed by atoms with E-state index >= 15 is 0 Å². The molecule has 0 aromatic heterocycles. The van der Waals surface area contributed by atoms with Crippen LogP contribution in [0.15, 0.2) is 18.2 Å². The third kappa shape index (κ3) is 4.93. The van der Waals surface area contributed by atoms with Crippen LogP contribution in [-0.4, -0.2) is 54.2 Å². The predicted octanol–water partition coefficient (Wildman–Crippen LogP) is 3.04. The molecule has 1 saturated carbocycles. The quantitative estimate of drug-likeness (QED) is 0.809. The van der Waals surface area contributed by atoms with E-state index < -0.39 is 0 Å². The zero-order valence-electron chi connectivity index (χ0n) is 15.2. The van der Waals surface area contributed by atoms with Crippen molar-refractivity contribution < 1.29 is 14.4 Å². The Morgan fingerprint density at radius 2 is 1.67 bits per heavy atom. The largest absolute Gasteiger partial charge is 0.342 e. The number of amides is 3. The van der Waals surface area contributed by atoms with Crippen molar-refractivity contribution in [1.29, 1.82) is 0 Å². The predicted molar refractivity (Wildman–Crippen MR) is 105 cm³/mol. The molecule has 0 atom stereocenters. The van der Waals surface area contributed by atoms with Gasteiger partial charge in [-0.3, -0.25) is 14.4 Å². The van der Waals surface area contributed by atoms with Gasteiger partial charge in [0.1, 0.15) is 0 Å². The first-order valence-electron chi connectivity index (χ1n) is 9.14. The van der Waals surface area contributed by atoms with Crippen molar-refractivity contribution in [2.75, 3.05) is 32.0 Å². The van der Waals surface area contributed by atoms with Gasteiger partial charge < -0.3 is 15.1 Å². The number of piperidine rings is 1. The van der Waals surface area contributed by atoms with E-state index in [2.05, 4.69) is 5.32 Å². The van der Waals surface area contributed by atoms with Gasteiger partial charge in [-0.2, -0.15) is 0 Å².